The van der Waals surface area contributed by atoms with Gasteiger partial charge in [0.2, 0.25) is 0 Å². The largest absolute Gasteiger partial charge is 0.491 e. The van der Waals surface area contributed by atoms with Crippen LogP contribution in [0.2, 0.25) is 0 Å². The number of rotatable bonds is 6. The van der Waals surface area contributed by atoms with Gasteiger partial charge in [0, 0.05) is 11.6 Å². The molecule has 0 heterocycles. The maximum Gasteiger partial charge on any atom is 0.328 e. The van der Waals surface area contributed by atoms with Crippen molar-refractivity contribution in [2.75, 3.05) is 13.7 Å². The van der Waals surface area contributed by atoms with Crippen molar-refractivity contribution in [1.82, 2.24) is 0 Å². The van der Waals surface area contributed by atoms with E-state index < -0.39 is 11.4 Å². The highest BCUT2D eigenvalue weighted by Crippen LogP contribution is 2.31. The summed E-state index contributed by atoms with van der Waals surface area (Å²) in [4.78, 5) is 22.2. The number of hydrogen-bond acceptors (Lipinski definition) is 4. The van der Waals surface area contributed by atoms with Crippen molar-refractivity contribution in [2.24, 2.45) is 5.41 Å². The lowest BCUT2D eigenvalue weighted by Crippen LogP contribution is -2.32. The Morgan fingerprint density at radius 2 is 2.05 bits per heavy atom. The predicted octanol–water partition coefficient (Wildman–Crippen LogP) is 3.12. The number of para-hydroxylation sites is 1. The number of ether oxygens (including phenoxy) is 2. The van der Waals surface area contributed by atoms with E-state index in [9.17, 15) is 9.59 Å². The highest BCUT2D eigenvalue weighted by atomic mass is 79.9. The number of esters is 1. The molecular weight excluding hydrogens is 340 g/mol. The second kappa shape index (κ2) is 7.26. The fraction of sp³-hybridized carbons (Fsp3) is 0.333. The van der Waals surface area contributed by atoms with Gasteiger partial charge < -0.3 is 14.6 Å². The summed E-state index contributed by atoms with van der Waals surface area (Å²) >= 11 is 3.35. The van der Waals surface area contributed by atoms with E-state index in [-0.39, 0.29) is 12.6 Å². The number of carbonyl (C=O) groups is 2. The Balaban J connectivity index is 2.97. The molecule has 114 valence electrons. The van der Waals surface area contributed by atoms with Gasteiger partial charge in [0.15, 0.2) is 0 Å². The number of carbonyl (C=O) groups excluding carboxylic acids is 1. The molecule has 0 aromatic heterocycles. The van der Waals surface area contributed by atoms with Crippen LogP contribution in [-0.2, 0) is 14.3 Å². The number of carboxylic acids is 1. The first-order chi connectivity index (χ1) is 9.77. The van der Waals surface area contributed by atoms with Crippen molar-refractivity contribution in [2.45, 2.75) is 13.8 Å². The van der Waals surface area contributed by atoms with Gasteiger partial charge in [-0.1, -0.05) is 12.1 Å². The minimum absolute atomic E-state index is 0.107. The number of methoxy groups -OCH3 is 1. The standard InChI is InChI=1S/C15H17BrO5/c1-15(2,14(19)20-3)9-21-13-10(7-8-12(17)18)5-4-6-11(13)16/h4-8H,9H2,1-3H3,(H,17,18). The van der Waals surface area contributed by atoms with Crippen molar-refractivity contribution in [3.05, 3.63) is 34.3 Å². The van der Waals surface area contributed by atoms with Gasteiger partial charge in [0.1, 0.15) is 12.4 Å². The first kappa shape index (κ1) is 17.2. The summed E-state index contributed by atoms with van der Waals surface area (Å²) < 4.78 is 11.1. The maximum atomic E-state index is 11.6. The number of carboxylic acid groups (broad SMARTS) is 1. The highest BCUT2D eigenvalue weighted by Gasteiger charge is 2.30. The average molecular weight is 357 g/mol. The zero-order chi connectivity index (χ0) is 16.0. The van der Waals surface area contributed by atoms with Gasteiger partial charge in [-0.25, -0.2) is 4.79 Å². The van der Waals surface area contributed by atoms with E-state index in [1.165, 1.54) is 13.2 Å². The molecule has 0 unspecified atom stereocenters. The van der Waals surface area contributed by atoms with Crippen molar-refractivity contribution >= 4 is 33.9 Å². The van der Waals surface area contributed by atoms with E-state index in [4.69, 9.17) is 14.6 Å². The molecule has 0 saturated heterocycles. The molecule has 0 radical (unpaired) electrons. The lowest BCUT2D eigenvalue weighted by Gasteiger charge is -2.22. The van der Waals surface area contributed by atoms with E-state index >= 15 is 0 Å². The Morgan fingerprint density at radius 3 is 2.62 bits per heavy atom. The van der Waals surface area contributed by atoms with Gasteiger partial charge in [-0.15, -0.1) is 0 Å². The quantitative estimate of drug-likeness (QED) is 0.626. The van der Waals surface area contributed by atoms with Crippen LogP contribution in [-0.4, -0.2) is 30.8 Å². The smallest absolute Gasteiger partial charge is 0.328 e. The molecule has 1 N–H and O–H groups in total. The molecule has 6 heteroatoms. The summed E-state index contributed by atoms with van der Waals surface area (Å²) in [6.07, 6.45) is 2.47. The van der Waals surface area contributed by atoms with Crippen LogP contribution in [0.25, 0.3) is 6.08 Å². The third-order valence-electron chi connectivity index (χ3n) is 2.72. The fourth-order valence-corrected chi connectivity index (χ4v) is 2.05. The van der Waals surface area contributed by atoms with Gasteiger partial charge in [-0.3, -0.25) is 4.79 Å². The van der Waals surface area contributed by atoms with Gasteiger partial charge in [0.05, 0.1) is 17.0 Å². The molecule has 1 aromatic rings. The van der Waals surface area contributed by atoms with Gasteiger partial charge in [-0.05, 0) is 41.9 Å². The molecular formula is C15H17BrO5. The minimum atomic E-state index is -1.05. The first-order valence-electron chi connectivity index (χ1n) is 6.18. The number of halogens is 1. The van der Waals surface area contributed by atoms with Crippen LogP contribution >= 0.6 is 15.9 Å². The molecule has 0 aliphatic carbocycles. The van der Waals surface area contributed by atoms with E-state index in [0.717, 1.165) is 6.08 Å². The van der Waals surface area contributed by atoms with Crippen molar-refractivity contribution in [3.63, 3.8) is 0 Å². The number of benzene rings is 1. The SMILES string of the molecule is COC(=O)C(C)(C)COc1c(Br)cccc1C=CC(=O)O. The van der Waals surface area contributed by atoms with Crippen LogP contribution < -0.4 is 4.74 Å². The van der Waals surface area contributed by atoms with Crippen molar-refractivity contribution < 1.29 is 24.2 Å². The molecule has 0 aliphatic rings. The van der Waals surface area contributed by atoms with Gasteiger partial charge >= 0.3 is 11.9 Å². The van der Waals surface area contributed by atoms with Crippen LogP contribution in [0.5, 0.6) is 5.75 Å². The summed E-state index contributed by atoms with van der Waals surface area (Å²) in [5.41, 5.74) is -0.204. The highest BCUT2D eigenvalue weighted by molar-refractivity contribution is 9.10. The molecule has 0 bridgehead atoms. The third-order valence-corrected chi connectivity index (χ3v) is 3.34. The van der Waals surface area contributed by atoms with E-state index in [1.807, 2.05) is 0 Å². The topological polar surface area (TPSA) is 72.8 Å². The molecule has 0 amide bonds. The summed E-state index contributed by atoms with van der Waals surface area (Å²) in [7, 11) is 1.32. The van der Waals surface area contributed by atoms with Crippen molar-refractivity contribution in [1.29, 1.82) is 0 Å². The van der Waals surface area contributed by atoms with Gasteiger partial charge in [-0.2, -0.15) is 0 Å². The molecule has 1 rings (SSSR count). The van der Waals surface area contributed by atoms with Crippen LogP contribution in [0, 0.1) is 5.41 Å². The van der Waals surface area contributed by atoms with E-state index in [2.05, 4.69) is 15.9 Å². The second-order valence-corrected chi connectivity index (χ2v) is 5.85. The molecule has 0 fully saturated rings. The van der Waals surface area contributed by atoms with Gasteiger partial charge in [0.25, 0.3) is 0 Å². The minimum Gasteiger partial charge on any atom is -0.491 e. The maximum absolute atomic E-state index is 11.6. The molecule has 0 spiro atoms. The summed E-state index contributed by atoms with van der Waals surface area (Å²) in [6.45, 7) is 3.53. The monoisotopic (exact) mass is 356 g/mol. The Labute approximate surface area is 131 Å². The first-order valence-corrected chi connectivity index (χ1v) is 6.98. The lowest BCUT2D eigenvalue weighted by atomic mass is 9.95. The third kappa shape index (κ3) is 4.90. The van der Waals surface area contributed by atoms with Crippen LogP contribution in [0.3, 0.4) is 0 Å². The number of hydrogen-bond donors (Lipinski definition) is 1. The summed E-state index contributed by atoms with van der Waals surface area (Å²) in [6, 6.07) is 5.27. The Morgan fingerprint density at radius 1 is 1.38 bits per heavy atom. The van der Waals surface area contributed by atoms with Crippen molar-refractivity contribution in [3.8, 4) is 5.75 Å². The average Bonchev–Trinajstić information content (AvgIpc) is 2.42. The molecule has 0 saturated carbocycles. The lowest BCUT2D eigenvalue weighted by molar-refractivity contribution is -0.152. The Bertz CT molecular complexity index is 563. The molecule has 5 nitrogen and oxygen atoms in total. The Kier molecular flexibility index (Phi) is 5.96. The molecule has 0 atom stereocenters. The van der Waals surface area contributed by atoms with E-state index in [0.29, 0.717) is 15.8 Å². The zero-order valence-corrected chi connectivity index (χ0v) is 13.6. The molecule has 1 aromatic carbocycles. The van der Waals surface area contributed by atoms with Crippen LogP contribution in [0.15, 0.2) is 28.7 Å². The summed E-state index contributed by atoms with van der Waals surface area (Å²) in [5, 5.41) is 8.70. The molecule has 21 heavy (non-hydrogen) atoms. The Hall–Kier alpha value is -1.82. The molecule has 0 aliphatic heterocycles. The van der Waals surface area contributed by atoms with E-state index in [1.54, 1.807) is 32.0 Å². The normalized spacial score (nSPS) is 11.4. The number of aliphatic carboxylic acids is 1. The fourth-order valence-electron chi connectivity index (χ4n) is 1.56. The zero-order valence-electron chi connectivity index (χ0n) is 12.1. The summed E-state index contributed by atoms with van der Waals surface area (Å²) in [5.74, 6) is -0.944. The van der Waals surface area contributed by atoms with Crippen LogP contribution in [0.4, 0.5) is 0 Å². The second-order valence-electron chi connectivity index (χ2n) is 4.99. The van der Waals surface area contributed by atoms with Crippen LogP contribution in [0.1, 0.15) is 19.4 Å². The predicted molar refractivity (Wildman–Crippen MR) is 82.1 cm³/mol.